The Morgan fingerprint density at radius 1 is 1.28 bits per heavy atom. The number of carbonyl (C=O) groups excluding carboxylic acids is 1. The molecule has 0 radical (unpaired) electrons. The maximum Gasteiger partial charge on any atom is 0.255 e. The highest BCUT2D eigenvalue weighted by Gasteiger charge is 2.07. The fraction of sp³-hybridized carbons (Fsp3) is 0.0769. The fourth-order valence-electron chi connectivity index (χ4n) is 1.41. The number of rotatable bonds is 3. The molecule has 2 aromatic rings. The Kier molecular flexibility index (Phi) is 3.43. The van der Waals surface area contributed by atoms with Gasteiger partial charge in [-0.2, -0.15) is 0 Å². The first-order valence-corrected chi connectivity index (χ1v) is 5.29. The predicted molar refractivity (Wildman–Crippen MR) is 66.8 cm³/mol. The normalized spacial score (nSPS) is 9.83. The molecular formula is C13H12N2O3. The van der Waals surface area contributed by atoms with Crippen LogP contribution in [0.1, 0.15) is 10.4 Å². The third-order valence-electron chi connectivity index (χ3n) is 2.33. The second-order valence-corrected chi connectivity index (χ2v) is 3.59. The van der Waals surface area contributed by atoms with E-state index < -0.39 is 0 Å². The van der Waals surface area contributed by atoms with Crippen molar-refractivity contribution in [3.05, 3.63) is 48.2 Å². The maximum atomic E-state index is 11.9. The number of pyridine rings is 1. The van der Waals surface area contributed by atoms with E-state index in [-0.39, 0.29) is 11.7 Å². The average Bonchev–Trinajstić information content (AvgIpc) is 2.41. The minimum Gasteiger partial charge on any atom is -0.508 e. The van der Waals surface area contributed by atoms with Gasteiger partial charge in [-0.1, -0.05) is 0 Å². The number of hydrogen-bond donors (Lipinski definition) is 2. The van der Waals surface area contributed by atoms with Crippen LogP contribution in [0, 0.1) is 0 Å². The number of methoxy groups -OCH3 is 1. The third-order valence-corrected chi connectivity index (χ3v) is 2.33. The number of anilines is 1. The van der Waals surface area contributed by atoms with Crippen LogP contribution in [-0.2, 0) is 0 Å². The highest BCUT2D eigenvalue weighted by atomic mass is 16.5. The zero-order valence-corrected chi connectivity index (χ0v) is 9.75. The number of hydrogen-bond acceptors (Lipinski definition) is 4. The summed E-state index contributed by atoms with van der Waals surface area (Å²) in [7, 11) is 1.49. The van der Waals surface area contributed by atoms with E-state index in [0.29, 0.717) is 17.1 Å². The van der Waals surface area contributed by atoms with Crippen molar-refractivity contribution >= 4 is 11.6 Å². The summed E-state index contributed by atoms with van der Waals surface area (Å²) in [4.78, 5) is 15.8. The van der Waals surface area contributed by atoms with Crippen molar-refractivity contribution in [1.82, 2.24) is 4.98 Å². The van der Waals surface area contributed by atoms with Gasteiger partial charge in [0.05, 0.1) is 7.11 Å². The summed E-state index contributed by atoms with van der Waals surface area (Å²) in [5, 5.41) is 11.8. The van der Waals surface area contributed by atoms with Crippen LogP contribution in [0.25, 0.3) is 0 Å². The summed E-state index contributed by atoms with van der Waals surface area (Å²) >= 11 is 0. The topological polar surface area (TPSA) is 71.5 Å². The van der Waals surface area contributed by atoms with E-state index in [1.807, 2.05) is 0 Å². The zero-order chi connectivity index (χ0) is 13.0. The largest absolute Gasteiger partial charge is 0.508 e. The molecule has 0 bridgehead atoms. The molecule has 1 aromatic heterocycles. The van der Waals surface area contributed by atoms with E-state index in [4.69, 9.17) is 9.84 Å². The number of amides is 1. The van der Waals surface area contributed by atoms with Gasteiger partial charge in [0.2, 0.25) is 5.88 Å². The first kappa shape index (κ1) is 11.9. The molecule has 1 amide bonds. The molecule has 92 valence electrons. The van der Waals surface area contributed by atoms with Crippen molar-refractivity contribution in [3.63, 3.8) is 0 Å². The van der Waals surface area contributed by atoms with Crippen molar-refractivity contribution < 1.29 is 14.6 Å². The number of carbonyl (C=O) groups is 1. The molecule has 0 saturated heterocycles. The van der Waals surface area contributed by atoms with Gasteiger partial charge < -0.3 is 15.2 Å². The lowest BCUT2D eigenvalue weighted by Gasteiger charge is -2.06. The molecule has 0 unspecified atom stereocenters. The molecule has 1 heterocycles. The molecule has 2 N–H and O–H groups in total. The maximum absolute atomic E-state index is 11.9. The lowest BCUT2D eigenvalue weighted by Crippen LogP contribution is -2.12. The molecule has 0 fully saturated rings. The summed E-state index contributed by atoms with van der Waals surface area (Å²) < 4.78 is 4.95. The number of nitrogens with one attached hydrogen (secondary N) is 1. The van der Waals surface area contributed by atoms with Gasteiger partial charge in [0.25, 0.3) is 5.91 Å². The molecule has 18 heavy (non-hydrogen) atoms. The van der Waals surface area contributed by atoms with Crippen LogP contribution in [-0.4, -0.2) is 23.1 Å². The summed E-state index contributed by atoms with van der Waals surface area (Å²) in [5.74, 6) is 0.272. The predicted octanol–water partition coefficient (Wildman–Crippen LogP) is 2.05. The lowest BCUT2D eigenvalue weighted by molar-refractivity contribution is 0.102. The minimum atomic E-state index is -0.263. The number of phenols is 1. The van der Waals surface area contributed by atoms with Crippen molar-refractivity contribution in [2.24, 2.45) is 0 Å². The minimum absolute atomic E-state index is 0.151. The number of benzene rings is 1. The third kappa shape index (κ3) is 2.76. The summed E-state index contributed by atoms with van der Waals surface area (Å²) in [6.07, 6.45) is 1.50. The van der Waals surface area contributed by atoms with Crippen molar-refractivity contribution in [2.75, 3.05) is 12.4 Å². The second-order valence-electron chi connectivity index (χ2n) is 3.59. The van der Waals surface area contributed by atoms with Gasteiger partial charge in [0.1, 0.15) is 5.75 Å². The van der Waals surface area contributed by atoms with Gasteiger partial charge in [-0.25, -0.2) is 4.98 Å². The van der Waals surface area contributed by atoms with Gasteiger partial charge in [-0.15, -0.1) is 0 Å². The van der Waals surface area contributed by atoms with Gasteiger partial charge in [-0.3, -0.25) is 4.79 Å². The molecule has 2 rings (SSSR count). The summed E-state index contributed by atoms with van der Waals surface area (Å²) in [6, 6.07) is 9.39. The Balaban J connectivity index is 2.14. The lowest BCUT2D eigenvalue weighted by atomic mass is 10.2. The van der Waals surface area contributed by atoms with Crippen molar-refractivity contribution in [3.8, 4) is 11.6 Å². The number of ether oxygens (including phenoxy) is 1. The van der Waals surface area contributed by atoms with Crippen LogP contribution in [0.3, 0.4) is 0 Å². The Morgan fingerprint density at radius 3 is 2.67 bits per heavy atom. The van der Waals surface area contributed by atoms with Crippen LogP contribution in [0.15, 0.2) is 42.6 Å². The number of nitrogens with zero attached hydrogens (tertiary/aromatic N) is 1. The van der Waals surface area contributed by atoms with Gasteiger partial charge in [0, 0.05) is 23.5 Å². The first-order chi connectivity index (χ1) is 8.69. The van der Waals surface area contributed by atoms with E-state index in [1.54, 1.807) is 24.3 Å². The number of phenolic OH excluding ortho intramolecular Hbond substituents is 1. The summed E-state index contributed by atoms with van der Waals surface area (Å²) in [6.45, 7) is 0. The Morgan fingerprint density at radius 2 is 2.00 bits per heavy atom. The molecule has 0 aliphatic heterocycles. The molecule has 5 nitrogen and oxygen atoms in total. The number of aromatic nitrogens is 1. The molecule has 0 aliphatic carbocycles. The smallest absolute Gasteiger partial charge is 0.255 e. The fourth-order valence-corrected chi connectivity index (χ4v) is 1.41. The molecule has 0 spiro atoms. The van der Waals surface area contributed by atoms with Gasteiger partial charge >= 0.3 is 0 Å². The van der Waals surface area contributed by atoms with E-state index >= 15 is 0 Å². The van der Waals surface area contributed by atoms with Crippen LogP contribution >= 0.6 is 0 Å². The standard InChI is InChI=1S/C13H12N2O3/c1-18-12-8-9(6-7-14-12)13(17)15-10-2-4-11(16)5-3-10/h2-8,16H,1H3,(H,15,17). The van der Waals surface area contributed by atoms with E-state index in [1.165, 1.54) is 25.4 Å². The Labute approximate surface area is 104 Å². The van der Waals surface area contributed by atoms with E-state index in [9.17, 15) is 4.79 Å². The molecular weight excluding hydrogens is 232 g/mol. The van der Waals surface area contributed by atoms with Gasteiger partial charge in [0.15, 0.2) is 0 Å². The van der Waals surface area contributed by atoms with Gasteiger partial charge in [-0.05, 0) is 30.3 Å². The molecule has 0 atom stereocenters. The van der Waals surface area contributed by atoms with E-state index in [0.717, 1.165) is 0 Å². The Bertz CT molecular complexity index is 552. The Hall–Kier alpha value is -2.56. The molecule has 0 aliphatic rings. The SMILES string of the molecule is COc1cc(C(=O)Nc2ccc(O)cc2)ccn1. The molecule has 0 saturated carbocycles. The van der Waals surface area contributed by atoms with Crippen LogP contribution in [0.5, 0.6) is 11.6 Å². The molecule has 1 aromatic carbocycles. The highest BCUT2D eigenvalue weighted by Crippen LogP contribution is 2.15. The monoisotopic (exact) mass is 244 g/mol. The van der Waals surface area contributed by atoms with Crippen molar-refractivity contribution in [1.29, 1.82) is 0 Å². The van der Waals surface area contributed by atoms with Crippen molar-refractivity contribution in [2.45, 2.75) is 0 Å². The second kappa shape index (κ2) is 5.18. The first-order valence-electron chi connectivity index (χ1n) is 5.29. The highest BCUT2D eigenvalue weighted by molar-refractivity contribution is 6.04. The molecule has 5 heteroatoms. The zero-order valence-electron chi connectivity index (χ0n) is 9.75. The summed E-state index contributed by atoms with van der Waals surface area (Å²) in [5.41, 5.74) is 1.06. The van der Waals surface area contributed by atoms with Crippen LogP contribution < -0.4 is 10.1 Å². The van der Waals surface area contributed by atoms with E-state index in [2.05, 4.69) is 10.3 Å². The number of aromatic hydroxyl groups is 1. The quantitative estimate of drug-likeness (QED) is 0.810. The average molecular weight is 244 g/mol. The van der Waals surface area contributed by atoms with Crippen LogP contribution in [0.4, 0.5) is 5.69 Å². The van der Waals surface area contributed by atoms with Crippen LogP contribution in [0.2, 0.25) is 0 Å².